The Labute approximate surface area is 87.5 Å². The van der Waals surface area contributed by atoms with E-state index in [-0.39, 0.29) is 22.9 Å². The third kappa shape index (κ3) is 1.66. The zero-order chi connectivity index (χ0) is 9.30. The zero-order valence-corrected chi connectivity index (χ0v) is 12.2. The van der Waals surface area contributed by atoms with E-state index in [0.29, 0.717) is 0 Å². The fraction of sp³-hybridized carbons (Fsp3) is 0.636. The van der Waals surface area contributed by atoms with Crippen molar-refractivity contribution in [1.29, 1.82) is 0 Å². The first-order chi connectivity index (χ1) is 5.59. The molecule has 1 aliphatic carbocycles. The summed E-state index contributed by atoms with van der Waals surface area (Å²) in [5.41, 5.74) is 6.54. The molecule has 1 heteroatoms. The Kier molecular flexibility index (Phi) is 3.51. The number of rotatable bonds is 2. The first-order valence-electron chi connectivity index (χ1n) is 4.78. The van der Waals surface area contributed by atoms with Crippen molar-refractivity contribution < 1.29 is 0 Å². The normalized spacial score (nSPS) is 19.4. The molecule has 12 heavy (non-hydrogen) atoms. The van der Waals surface area contributed by atoms with Crippen LogP contribution in [0.1, 0.15) is 34.6 Å². The maximum absolute atomic E-state index is 2.35. The van der Waals surface area contributed by atoms with Gasteiger partial charge >= 0.3 is 87.7 Å². The molecule has 0 fully saturated rings. The number of allylic oxidation sites excluding steroid dienone is 4. The van der Waals surface area contributed by atoms with Gasteiger partial charge in [0.25, 0.3) is 0 Å². The van der Waals surface area contributed by atoms with Crippen LogP contribution in [0.15, 0.2) is 22.3 Å². The van der Waals surface area contributed by atoms with Crippen molar-refractivity contribution in [1.82, 2.24) is 0 Å². The van der Waals surface area contributed by atoms with Crippen LogP contribution in [0.4, 0.5) is 0 Å². The summed E-state index contributed by atoms with van der Waals surface area (Å²) >= 11 is -0.318. The number of hydrogen-bond donors (Lipinski definition) is 0. The molecule has 0 aromatic rings. The molecule has 65 valence electrons. The molecule has 0 aromatic heterocycles. The van der Waals surface area contributed by atoms with Crippen molar-refractivity contribution in [2.45, 2.75) is 42.5 Å². The molecule has 0 heterocycles. The molecule has 0 atom stereocenters. The SMILES string of the molecule is C[CH2][In][CH]1C(C)=C(C)C(C)=C1C. The van der Waals surface area contributed by atoms with Gasteiger partial charge in [-0.15, -0.1) is 0 Å². The van der Waals surface area contributed by atoms with Crippen LogP contribution in [-0.4, -0.2) is 22.9 Å². The summed E-state index contributed by atoms with van der Waals surface area (Å²) in [4.78, 5) is 0. The van der Waals surface area contributed by atoms with Crippen LogP contribution < -0.4 is 0 Å². The van der Waals surface area contributed by atoms with Gasteiger partial charge in [-0.2, -0.15) is 0 Å². The van der Waals surface area contributed by atoms with Crippen molar-refractivity contribution in [3.05, 3.63) is 22.3 Å². The van der Waals surface area contributed by atoms with E-state index in [2.05, 4.69) is 34.6 Å². The van der Waals surface area contributed by atoms with Crippen LogP contribution in [0, 0.1) is 0 Å². The van der Waals surface area contributed by atoms with Crippen LogP contribution in [0.2, 0.25) is 7.85 Å². The average molecular weight is 265 g/mol. The van der Waals surface area contributed by atoms with E-state index < -0.39 is 0 Å². The second-order valence-corrected chi connectivity index (χ2v) is 9.32. The predicted octanol–water partition coefficient (Wildman–Crippen LogP) is 3.60. The van der Waals surface area contributed by atoms with Crippen LogP contribution in [-0.2, 0) is 0 Å². The second kappa shape index (κ2) is 4.04. The Hall–Kier alpha value is 0.350. The minimum absolute atomic E-state index is 0.318. The molecule has 0 N–H and O–H groups in total. The van der Waals surface area contributed by atoms with E-state index in [4.69, 9.17) is 0 Å². The molecule has 0 aromatic carbocycles. The van der Waals surface area contributed by atoms with Crippen molar-refractivity contribution in [3.8, 4) is 0 Å². The molecule has 0 nitrogen and oxygen atoms in total. The van der Waals surface area contributed by atoms with Gasteiger partial charge in [0, 0.05) is 0 Å². The van der Waals surface area contributed by atoms with Gasteiger partial charge < -0.3 is 0 Å². The first kappa shape index (κ1) is 10.4. The molecular weight excluding hydrogens is 247 g/mol. The van der Waals surface area contributed by atoms with E-state index in [1.807, 2.05) is 0 Å². The summed E-state index contributed by atoms with van der Waals surface area (Å²) in [6.07, 6.45) is 0. The Morgan fingerprint density at radius 1 is 1.00 bits per heavy atom. The van der Waals surface area contributed by atoms with Crippen molar-refractivity contribution >= 4 is 22.9 Å². The van der Waals surface area contributed by atoms with E-state index in [1.54, 1.807) is 22.3 Å². The Balaban J connectivity index is 2.91. The van der Waals surface area contributed by atoms with Gasteiger partial charge in [0.1, 0.15) is 0 Å². The second-order valence-electron chi connectivity index (χ2n) is 3.74. The van der Waals surface area contributed by atoms with Gasteiger partial charge in [-0.3, -0.25) is 0 Å². The number of hydrogen-bond acceptors (Lipinski definition) is 0. The molecule has 0 saturated carbocycles. The van der Waals surface area contributed by atoms with Crippen LogP contribution in [0.25, 0.3) is 0 Å². The summed E-state index contributed by atoms with van der Waals surface area (Å²) in [6.45, 7) is 11.6. The van der Waals surface area contributed by atoms with Crippen molar-refractivity contribution in [2.24, 2.45) is 0 Å². The van der Waals surface area contributed by atoms with Crippen LogP contribution in [0.3, 0.4) is 0 Å². The summed E-state index contributed by atoms with van der Waals surface area (Å²) in [6, 6.07) is 0. The molecule has 1 rings (SSSR count). The molecule has 0 bridgehead atoms. The van der Waals surface area contributed by atoms with E-state index in [0.717, 1.165) is 3.67 Å². The van der Waals surface area contributed by atoms with Gasteiger partial charge in [0.2, 0.25) is 0 Å². The van der Waals surface area contributed by atoms with Crippen LogP contribution in [0.5, 0.6) is 0 Å². The molecule has 1 aliphatic rings. The zero-order valence-electron chi connectivity index (χ0n) is 8.86. The Morgan fingerprint density at radius 2 is 1.42 bits per heavy atom. The van der Waals surface area contributed by atoms with Crippen molar-refractivity contribution in [3.63, 3.8) is 0 Å². The molecule has 0 saturated heterocycles. The van der Waals surface area contributed by atoms with E-state index in [1.165, 1.54) is 4.18 Å². The van der Waals surface area contributed by atoms with Crippen molar-refractivity contribution in [2.75, 3.05) is 0 Å². The molecule has 0 unspecified atom stereocenters. The van der Waals surface area contributed by atoms with E-state index in [9.17, 15) is 0 Å². The molecular formula is C11H18In. The van der Waals surface area contributed by atoms with Gasteiger partial charge in [-0.1, -0.05) is 0 Å². The quantitative estimate of drug-likeness (QED) is 0.715. The Morgan fingerprint density at radius 3 is 1.75 bits per heavy atom. The fourth-order valence-electron chi connectivity index (χ4n) is 1.97. The monoisotopic (exact) mass is 265 g/mol. The predicted molar refractivity (Wildman–Crippen MR) is 56.7 cm³/mol. The first-order valence-corrected chi connectivity index (χ1v) is 9.01. The molecule has 0 spiro atoms. The molecule has 0 amide bonds. The fourth-order valence-corrected chi connectivity index (χ4v) is 6.76. The minimum atomic E-state index is -0.318. The summed E-state index contributed by atoms with van der Waals surface area (Å²) in [5.74, 6) is 0. The molecule has 1 radical (unpaired) electrons. The van der Waals surface area contributed by atoms with Gasteiger partial charge in [-0.05, 0) is 0 Å². The summed E-state index contributed by atoms with van der Waals surface area (Å²) < 4.78 is 2.43. The standard InChI is InChI=1S/C9H13.C2H5.In/c1-6-5-7(2)9(4)8(6)3;1-2;/h5H,1-4H3;1H2,2H3;. The summed E-state index contributed by atoms with van der Waals surface area (Å²) in [7, 11) is 0. The van der Waals surface area contributed by atoms with Gasteiger partial charge in [-0.25, -0.2) is 0 Å². The van der Waals surface area contributed by atoms with E-state index >= 15 is 0 Å². The average Bonchev–Trinajstić information content (AvgIpc) is 2.23. The van der Waals surface area contributed by atoms with Gasteiger partial charge in [0.05, 0.1) is 0 Å². The van der Waals surface area contributed by atoms with Gasteiger partial charge in [0.15, 0.2) is 0 Å². The third-order valence-corrected chi connectivity index (χ3v) is 8.69. The topological polar surface area (TPSA) is 0 Å². The van der Waals surface area contributed by atoms with Crippen LogP contribution >= 0.6 is 0 Å². The third-order valence-electron chi connectivity index (χ3n) is 3.15. The molecule has 0 aliphatic heterocycles. The summed E-state index contributed by atoms with van der Waals surface area (Å²) in [5, 5.41) is 0. The Bertz CT molecular complexity index is 222. The maximum atomic E-state index is 2.35.